The highest BCUT2D eigenvalue weighted by Crippen LogP contribution is 2.16. The van der Waals surface area contributed by atoms with E-state index in [0.29, 0.717) is 0 Å². The molecule has 2 nitrogen and oxygen atoms in total. The van der Waals surface area contributed by atoms with E-state index in [-0.39, 0.29) is 0 Å². The minimum atomic E-state index is 0.839. The Hall–Kier alpha value is -0.890. The van der Waals surface area contributed by atoms with Crippen molar-refractivity contribution < 1.29 is 0 Å². The van der Waals surface area contributed by atoms with Gasteiger partial charge in [0.1, 0.15) is 0 Å². The summed E-state index contributed by atoms with van der Waals surface area (Å²) in [6.45, 7) is 4.44. The zero-order valence-corrected chi connectivity index (χ0v) is 8.79. The van der Waals surface area contributed by atoms with Gasteiger partial charge in [-0.2, -0.15) is 0 Å². The summed E-state index contributed by atoms with van der Waals surface area (Å²) in [5, 5.41) is 3.39. The molecule has 76 valence electrons. The van der Waals surface area contributed by atoms with E-state index >= 15 is 0 Å². The summed E-state index contributed by atoms with van der Waals surface area (Å²) >= 11 is 0. The van der Waals surface area contributed by atoms with Crippen molar-refractivity contribution in [1.82, 2.24) is 10.3 Å². The van der Waals surface area contributed by atoms with Crippen molar-refractivity contribution in [3.05, 3.63) is 29.6 Å². The molecule has 1 saturated heterocycles. The topological polar surface area (TPSA) is 24.9 Å². The van der Waals surface area contributed by atoms with Crippen LogP contribution in [-0.4, -0.2) is 18.1 Å². The third kappa shape index (κ3) is 2.55. The summed E-state index contributed by atoms with van der Waals surface area (Å²) < 4.78 is 0. The van der Waals surface area contributed by atoms with Crippen molar-refractivity contribution in [3.8, 4) is 0 Å². The Bertz CT molecular complexity index is 273. The zero-order valence-electron chi connectivity index (χ0n) is 8.79. The van der Waals surface area contributed by atoms with Crippen LogP contribution in [0.4, 0.5) is 0 Å². The molecule has 0 aliphatic carbocycles. The number of hydrogen-bond acceptors (Lipinski definition) is 2. The van der Waals surface area contributed by atoms with Crippen LogP contribution < -0.4 is 5.32 Å². The van der Waals surface area contributed by atoms with Gasteiger partial charge in [-0.15, -0.1) is 0 Å². The maximum absolute atomic E-state index is 4.45. The lowest BCUT2D eigenvalue weighted by molar-refractivity contribution is 0.370. The largest absolute Gasteiger partial charge is 0.317 e. The lowest BCUT2D eigenvalue weighted by Crippen LogP contribution is -2.28. The van der Waals surface area contributed by atoms with Crippen LogP contribution in [0.3, 0.4) is 0 Å². The number of nitrogens with zero attached hydrogens (tertiary/aromatic N) is 1. The molecule has 0 unspecified atom stereocenters. The van der Waals surface area contributed by atoms with Crippen LogP contribution in [0.1, 0.15) is 24.1 Å². The molecular formula is C12H18N2. The Morgan fingerprint density at radius 1 is 1.36 bits per heavy atom. The molecule has 1 fully saturated rings. The van der Waals surface area contributed by atoms with E-state index < -0.39 is 0 Å². The smallest absolute Gasteiger partial charge is 0.0406 e. The second kappa shape index (κ2) is 4.56. The first-order valence-electron chi connectivity index (χ1n) is 5.47. The van der Waals surface area contributed by atoms with E-state index in [4.69, 9.17) is 0 Å². The highest BCUT2D eigenvalue weighted by molar-refractivity contribution is 5.12. The van der Waals surface area contributed by atoms with E-state index in [0.717, 1.165) is 12.3 Å². The molecule has 2 heterocycles. The summed E-state index contributed by atoms with van der Waals surface area (Å²) in [5.41, 5.74) is 2.50. The first-order valence-corrected chi connectivity index (χ1v) is 5.47. The van der Waals surface area contributed by atoms with E-state index in [1.807, 2.05) is 6.20 Å². The van der Waals surface area contributed by atoms with Crippen LogP contribution >= 0.6 is 0 Å². The second-order valence-electron chi connectivity index (χ2n) is 4.22. The molecule has 1 aromatic rings. The SMILES string of the molecule is Cc1ccc(CC2CCNCC2)nc1. The number of pyridine rings is 1. The lowest BCUT2D eigenvalue weighted by atomic mass is 9.93. The Labute approximate surface area is 85.7 Å². The van der Waals surface area contributed by atoms with Gasteiger partial charge < -0.3 is 5.32 Å². The van der Waals surface area contributed by atoms with Gasteiger partial charge >= 0.3 is 0 Å². The fourth-order valence-corrected chi connectivity index (χ4v) is 2.00. The van der Waals surface area contributed by atoms with Gasteiger partial charge in [-0.05, 0) is 56.8 Å². The molecule has 2 heteroatoms. The van der Waals surface area contributed by atoms with E-state index in [9.17, 15) is 0 Å². The monoisotopic (exact) mass is 190 g/mol. The van der Waals surface area contributed by atoms with Crippen LogP contribution in [0.5, 0.6) is 0 Å². The molecule has 0 radical (unpaired) electrons. The van der Waals surface area contributed by atoms with Gasteiger partial charge in [0.15, 0.2) is 0 Å². The molecule has 0 aromatic carbocycles. The molecule has 1 N–H and O–H groups in total. The van der Waals surface area contributed by atoms with Crippen molar-refractivity contribution >= 4 is 0 Å². The molecule has 0 amide bonds. The number of nitrogens with one attached hydrogen (secondary N) is 1. The highest BCUT2D eigenvalue weighted by atomic mass is 14.9. The van der Waals surface area contributed by atoms with Crippen molar-refractivity contribution in [2.45, 2.75) is 26.2 Å². The van der Waals surface area contributed by atoms with Crippen molar-refractivity contribution in [2.75, 3.05) is 13.1 Å². The first kappa shape index (κ1) is 9.66. The van der Waals surface area contributed by atoms with Gasteiger partial charge in [0.25, 0.3) is 0 Å². The Balaban J connectivity index is 1.92. The van der Waals surface area contributed by atoms with Gasteiger partial charge in [-0.25, -0.2) is 0 Å². The summed E-state index contributed by atoms with van der Waals surface area (Å²) in [6.07, 6.45) is 5.73. The molecule has 1 aliphatic heterocycles. The van der Waals surface area contributed by atoms with Crippen LogP contribution in [0.25, 0.3) is 0 Å². The van der Waals surface area contributed by atoms with Crippen LogP contribution in [-0.2, 0) is 6.42 Å². The Morgan fingerprint density at radius 2 is 2.14 bits per heavy atom. The molecule has 0 atom stereocenters. The summed E-state index contributed by atoms with van der Waals surface area (Å²) in [7, 11) is 0. The molecule has 0 spiro atoms. The predicted octanol–water partition coefficient (Wildman–Crippen LogP) is 1.93. The number of rotatable bonds is 2. The second-order valence-corrected chi connectivity index (χ2v) is 4.22. The third-order valence-corrected chi connectivity index (χ3v) is 2.93. The fraction of sp³-hybridized carbons (Fsp3) is 0.583. The number of aromatic nitrogens is 1. The van der Waals surface area contributed by atoms with Crippen molar-refractivity contribution in [3.63, 3.8) is 0 Å². The Morgan fingerprint density at radius 3 is 2.79 bits per heavy atom. The van der Waals surface area contributed by atoms with E-state index in [1.165, 1.54) is 37.2 Å². The number of piperidine rings is 1. The molecular weight excluding hydrogens is 172 g/mol. The van der Waals surface area contributed by atoms with E-state index in [2.05, 4.69) is 29.4 Å². The average Bonchev–Trinajstić information content (AvgIpc) is 2.23. The van der Waals surface area contributed by atoms with Crippen molar-refractivity contribution in [1.29, 1.82) is 0 Å². The lowest BCUT2D eigenvalue weighted by Gasteiger charge is -2.22. The average molecular weight is 190 g/mol. The molecule has 1 aromatic heterocycles. The van der Waals surface area contributed by atoms with Gasteiger partial charge in [-0.3, -0.25) is 4.98 Å². The number of aryl methyl sites for hydroxylation is 1. The third-order valence-electron chi connectivity index (χ3n) is 2.93. The van der Waals surface area contributed by atoms with Gasteiger partial charge in [0.05, 0.1) is 0 Å². The van der Waals surface area contributed by atoms with Crippen LogP contribution in [0.15, 0.2) is 18.3 Å². The summed E-state index contributed by atoms with van der Waals surface area (Å²) in [5.74, 6) is 0.839. The molecule has 0 bridgehead atoms. The van der Waals surface area contributed by atoms with Crippen LogP contribution in [0, 0.1) is 12.8 Å². The van der Waals surface area contributed by atoms with Gasteiger partial charge in [0.2, 0.25) is 0 Å². The van der Waals surface area contributed by atoms with Crippen molar-refractivity contribution in [2.24, 2.45) is 5.92 Å². The standard InChI is InChI=1S/C12H18N2/c1-10-2-3-12(14-9-10)8-11-4-6-13-7-5-11/h2-3,9,11,13H,4-8H2,1H3. The minimum Gasteiger partial charge on any atom is -0.317 e. The summed E-state index contributed by atoms with van der Waals surface area (Å²) in [4.78, 5) is 4.45. The first-order chi connectivity index (χ1) is 6.84. The van der Waals surface area contributed by atoms with E-state index in [1.54, 1.807) is 0 Å². The molecule has 2 rings (SSSR count). The fourth-order valence-electron chi connectivity index (χ4n) is 2.00. The molecule has 0 saturated carbocycles. The quantitative estimate of drug-likeness (QED) is 0.771. The zero-order chi connectivity index (χ0) is 9.80. The predicted molar refractivity (Wildman–Crippen MR) is 58.3 cm³/mol. The maximum Gasteiger partial charge on any atom is 0.0406 e. The minimum absolute atomic E-state index is 0.839. The normalized spacial score (nSPS) is 18.4. The van der Waals surface area contributed by atoms with Crippen LogP contribution in [0.2, 0.25) is 0 Å². The van der Waals surface area contributed by atoms with Gasteiger partial charge in [0, 0.05) is 11.9 Å². The molecule has 1 aliphatic rings. The summed E-state index contributed by atoms with van der Waals surface area (Å²) in [6, 6.07) is 4.32. The highest BCUT2D eigenvalue weighted by Gasteiger charge is 2.13. The molecule has 14 heavy (non-hydrogen) atoms. The van der Waals surface area contributed by atoms with Gasteiger partial charge in [-0.1, -0.05) is 6.07 Å². The Kier molecular flexibility index (Phi) is 3.14. The maximum atomic E-state index is 4.45. The number of hydrogen-bond donors (Lipinski definition) is 1.